The van der Waals surface area contributed by atoms with Gasteiger partial charge in [-0.25, -0.2) is 0 Å². The third-order valence-electron chi connectivity index (χ3n) is 2.52. The SMILES string of the molecule is CCC1=CSC2=C(S1)SC(=C1SC3=C(SC=CS3)S1)S2. The molecule has 4 rings (SSSR count). The molecule has 0 nitrogen and oxygen atoms in total. The molecular weight excluding hydrogens is 401 g/mol. The van der Waals surface area contributed by atoms with Crippen LogP contribution in [0.1, 0.15) is 13.3 Å². The Morgan fingerprint density at radius 3 is 1.75 bits per heavy atom. The van der Waals surface area contributed by atoms with E-state index in [4.69, 9.17) is 0 Å². The van der Waals surface area contributed by atoms with Gasteiger partial charge in [0.1, 0.15) is 0 Å². The van der Waals surface area contributed by atoms with E-state index < -0.39 is 0 Å². The topological polar surface area (TPSA) is 0 Å². The van der Waals surface area contributed by atoms with Crippen LogP contribution in [0, 0.1) is 0 Å². The number of hydrogen-bond donors (Lipinski definition) is 0. The van der Waals surface area contributed by atoms with Crippen LogP contribution in [0.5, 0.6) is 0 Å². The maximum Gasteiger partial charge on any atom is 0.0718 e. The van der Waals surface area contributed by atoms with Gasteiger partial charge in [0.2, 0.25) is 0 Å². The lowest BCUT2D eigenvalue weighted by molar-refractivity contribution is 1.21. The molecule has 0 radical (unpaired) electrons. The van der Waals surface area contributed by atoms with E-state index in [1.54, 1.807) is 0 Å². The van der Waals surface area contributed by atoms with E-state index in [0.717, 1.165) is 6.42 Å². The molecular formula is C12H8S8. The van der Waals surface area contributed by atoms with Crippen molar-refractivity contribution >= 4 is 94.1 Å². The Balaban J connectivity index is 1.50. The zero-order chi connectivity index (χ0) is 13.5. The Morgan fingerprint density at radius 2 is 1.15 bits per heavy atom. The molecule has 0 atom stereocenters. The predicted octanol–water partition coefficient (Wildman–Crippen LogP) is 8.01. The summed E-state index contributed by atoms with van der Waals surface area (Å²) < 4.78 is 8.84. The second-order valence-corrected chi connectivity index (χ2v) is 13.3. The zero-order valence-corrected chi connectivity index (χ0v) is 16.7. The smallest absolute Gasteiger partial charge is 0.0718 e. The van der Waals surface area contributed by atoms with Gasteiger partial charge in [-0.05, 0) is 27.6 Å². The fourth-order valence-corrected chi connectivity index (χ4v) is 12.7. The van der Waals surface area contributed by atoms with E-state index in [9.17, 15) is 0 Å². The van der Waals surface area contributed by atoms with Crippen LogP contribution in [-0.4, -0.2) is 0 Å². The highest BCUT2D eigenvalue weighted by Crippen LogP contribution is 2.68. The average molecular weight is 409 g/mol. The summed E-state index contributed by atoms with van der Waals surface area (Å²) in [4.78, 5) is 1.49. The van der Waals surface area contributed by atoms with Gasteiger partial charge in [0.15, 0.2) is 0 Å². The number of thioether (sulfide) groups is 8. The molecule has 0 aromatic carbocycles. The maximum absolute atomic E-state index is 2.32. The van der Waals surface area contributed by atoms with Crippen LogP contribution in [-0.2, 0) is 0 Å². The molecule has 4 heterocycles. The molecule has 20 heavy (non-hydrogen) atoms. The first-order valence-corrected chi connectivity index (χ1v) is 12.5. The fourth-order valence-electron chi connectivity index (χ4n) is 1.59. The average Bonchev–Trinajstić information content (AvgIpc) is 3.09. The minimum Gasteiger partial charge on any atom is -0.0884 e. The summed E-state index contributed by atoms with van der Waals surface area (Å²) >= 11 is 15.4. The predicted molar refractivity (Wildman–Crippen MR) is 109 cm³/mol. The van der Waals surface area contributed by atoms with Crippen LogP contribution in [0.4, 0.5) is 0 Å². The standard InChI is InChI=1S/C12H8S8/c1-2-6-5-15-9-10(16-6)20-12(19-9)11-17-7-8(18-11)14-4-3-13-7/h3-5H,2H2,1H3. The Labute approximate surface area is 152 Å². The van der Waals surface area contributed by atoms with Gasteiger partial charge in [0.05, 0.1) is 25.4 Å². The summed E-state index contributed by atoms with van der Waals surface area (Å²) in [5.41, 5.74) is 0. The summed E-state index contributed by atoms with van der Waals surface area (Å²) in [6, 6.07) is 0. The molecule has 8 heteroatoms. The zero-order valence-electron chi connectivity index (χ0n) is 10.2. The van der Waals surface area contributed by atoms with Gasteiger partial charge in [-0.2, -0.15) is 0 Å². The van der Waals surface area contributed by atoms with Crippen LogP contribution in [0.25, 0.3) is 0 Å². The first-order chi connectivity index (χ1) is 9.83. The van der Waals surface area contributed by atoms with E-state index in [2.05, 4.69) is 23.1 Å². The molecule has 0 aromatic rings. The van der Waals surface area contributed by atoms with Crippen molar-refractivity contribution in [3.63, 3.8) is 0 Å². The molecule has 0 aromatic heterocycles. The first-order valence-electron chi connectivity index (χ1n) is 5.79. The van der Waals surface area contributed by atoms with Crippen molar-refractivity contribution in [3.8, 4) is 0 Å². The molecule has 104 valence electrons. The number of rotatable bonds is 1. The van der Waals surface area contributed by atoms with Gasteiger partial charge >= 0.3 is 0 Å². The monoisotopic (exact) mass is 408 g/mol. The van der Waals surface area contributed by atoms with Gasteiger partial charge in [-0.3, -0.25) is 0 Å². The molecule has 4 aliphatic heterocycles. The highest BCUT2D eigenvalue weighted by molar-refractivity contribution is 8.46. The lowest BCUT2D eigenvalue weighted by Gasteiger charge is -2.10. The third kappa shape index (κ3) is 2.96. The van der Waals surface area contributed by atoms with Crippen LogP contribution in [0.3, 0.4) is 0 Å². The Kier molecular flexibility index (Phi) is 4.93. The van der Waals surface area contributed by atoms with Crippen LogP contribution in [0.2, 0.25) is 0 Å². The summed E-state index contributed by atoms with van der Waals surface area (Å²) in [7, 11) is 0. The molecule has 0 bridgehead atoms. The molecule has 0 amide bonds. The summed E-state index contributed by atoms with van der Waals surface area (Å²) in [5.74, 6) is 0. The van der Waals surface area contributed by atoms with Gasteiger partial charge in [0, 0.05) is 0 Å². The lowest BCUT2D eigenvalue weighted by Crippen LogP contribution is -1.79. The van der Waals surface area contributed by atoms with Crippen molar-refractivity contribution in [1.29, 1.82) is 0 Å². The Hall–Kier alpha value is 1.50. The van der Waals surface area contributed by atoms with E-state index >= 15 is 0 Å². The maximum atomic E-state index is 2.32. The first kappa shape index (κ1) is 15.1. The number of allylic oxidation sites excluding steroid dienone is 1. The third-order valence-corrected chi connectivity index (χ3v) is 13.9. The van der Waals surface area contributed by atoms with Gasteiger partial charge in [-0.1, -0.05) is 101 Å². The molecule has 0 spiro atoms. The van der Waals surface area contributed by atoms with Gasteiger partial charge in [0.25, 0.3) is 0 Å². The molecule has 0 fully saturated rings. The van der Waals surface area contributed by atoms with Crippen LogP contribution >= 0.6 is 94.1 Å². The van der Waals surface area contributed by atoms with E-state index in [1.807, 2.05) is 94.1 Å². The molecule has 4 aliphatic rings. The Bertz CT molecular complexity index is 599. The molecule has 0 unspecified atom stereocenters. The van der Waals surface area contributed by atoms with Crippen molar-refractivity contribution in [2.75, 3.05) is 0 Å². The summed E-state index contributed by atoms with van der Waals surface area (Å²) in [6.07, 6.45) is 1.14. The molecule has 0 saturated carbocycles. The second-order valence-electron chi connectivity index (χ2n) is 3.80. The molecule has 0 saturated heterocycles. The highest BCUT2D eigenvalue weighted by atomic mass is 32.3. The minimum absolute atomic E-state index is 1.14. The largest absolute Gasteiger partial charge is 0.0884 e. The Morgan fingerprint density at radius 1 is 0.650 bits per heavy atom. The molecule has 0 N–H and O–H groups in total. The van der Waals surface area contributed by atoms with E-state index in [-0.39, 0.29) is 0 Å². The molecule has 0 aliphatic carbocycles. The van der Waals surface area contributed by atoms with Gasteiger partial charge < -0.3 is 0 Å². The van der Waals surface area contributed by atoms with Crippen molar-refractivity contribution < 1.29 is 0 Å². The summed E-state index contributed by atoms with van der Waals surface area (Å²) in [5, 5.41) is 6.69. The van der Waals surface area contributed by atoms with Crippen molar-refractivity contribution in [3.05, 3.63) is 46.6 Å². The van der Waals surface area contributed by atoms with E-state index in [0.29, 0.717) is 0 Å². The quantitative estimate of drug-likeness (QED) is 0.422. The lowest BCUT2D eigenvalue weighted by atomic mass is 10.5. The highest BCUT2D eigenvalue weighted by Gasteiger charge is 2.32. The van der Waals surface area contributed by atoms with E-state index in [1.165, 1.54) is 30.3 Å². The van der Waals surface area contributed by atoms with Gasteiger partial charge in [-0.15, -0.1) is 0 Å². The van der Waals surface area contributed by atoms with Crippen molar-refractivity contribution in [1.82, 2.24) is 0 Å². The van der Waals surface area contributed by atoms with Crippen molar-refractivity contribution in [2.24, 2.45) is 0 Å². The minimum atomic E-state index is 1.14. The van der Waals surface area contributed by atoms with Crippen LogP contribution in [0.15, 0.2) is 46.6 Å². The summed E-state index contributed by atoms with van der Waals surface area (Å²) in [6.45, 7) is 2.24. The van der Waals surface area contributed by atoms with Crippen molar-refractivity contribution in [2.45, 2.75) is 13.3 Å². The fraction of sp³-hybridized carbons (Fsp3) is 0.167. The second kappa shape index (κ2) is 6.55. The normalized spacial score (nSPS) is 25.4. The van der Waals surface area contributed by atoms with Crippen LogP contribution < -0.4 is 0 Å². The number of hydrogen-bond acceptors (Lipinski definition) is 8.